The summed E-state index contributed by atoms with van der Waals surface area (Å²) in [6.45, 7) is 0. The molecule has 2 aliphatic heterocycles. The Morgan fingerprint density at radius 1 is 0.879 bits per heavy atom. The minimum atomic E-state index is -0.439. The fourth-order valence-corrected chi connectivity index (χ4v) is 5.05. The van der Waals surface area contributed by atoms with Crippen LogP contribution in [0.3, 0.4) is 0 Å². The molecule has 166 valence electrons. The molecule has 1 amide bonds. The first kappa shape index (κ1) is 21.3. The standard InChI is InChI=1S/C26H23N3O3S/c1-31-22-14-19-20(15-23(22)32-2)27-26(33-16-18-11-7-4-8-12-18)29-21(25(30)28-24(19)29)13-17-9-5-3-6-10-17/h3-12,14-15,21H,13,16H2,1-2H3/t21-/m1/s1. The lowest BCUT2D eigenvalue weighted by Gasteiger charge is -2.31. The van der Waals surface area contributed by atoms with Crippen LogP contribution in [0.4, 0.5) is 5.69 Å². The van der Waals surface area contributed by atoms with E-state index in [1.165, 1.54) is 5.56 Å². The second-order valence-electron chi connectivity index (χ2n) is 7.74. The van der Waals surface area contributed by atoms with Crippen LogP contribution in [0.2, 0.25) is 0 Å². The molecule has 0 radical (unpaired) electrons. The van der Waals surface area contributed by atoms with Gasteiger partial charge in [0.1, 0.15) is 11.9 Å². The molecular weight excluding hydrogens is 434 g/mol. The zero-order valence-electron chi connectivity index (χ0n) is 18.4. The van der Waals surface area contributed by atoms with E-state index in [2.05, 4.69) is 17.1 Å². The third-order valence-electron chi connectivity index (χ3n) is 5.69. The molecule has 0 spiro atoms. The second kappa shape index (κ2) is 9.11. The molecule has 2 aliphatic rings. The maximum Gasteiger partial charge on any atom is 0.271 e. The Labute approximate surface area is 197 Å². The van der Waals surface area contributed by atoms with Crippen LogP contribution in [0.15, 0.2) is 82.8 Å². The highest BCUT2D eigenvalue weighted by molar-refractivity contribution is 8.13. The highest BCUT2D eigenvalue weighted by atomic mass is 32.2. The van der Waals surface area contributed by atoms with Gasteiger partial charge in [0.05, 0.1) is 19.9 Å². The van der Waals surface area contributed by atoms with Gasteiger partial charge in [-0.2, -0.15) is 4.99 Å². The number of ether oxygens (including phenoxy) is 2. The van der Waals surface area contributed by atoms with Gasteiger partial charge in [-0.3, -0.25) is 9.69 Å². The van der Waals surface area contributed by atoms with Gasteiger partial charge in [-0.25, -0.2) is 4.99 Å². The largest absolute Gasteiger partial charge is 0.493 e. The van der Waals surface area contributed by atoms with Crippen LogP contribution in [0.5, 0.6) is 11.5 Å². The molecule has 0 saturated heterocycles. The number of amidine groups is 2. The predicted octanol–water partition coefficient (Wildman–Crippen LogP) is 4.84. The lowest BCUT2D eigenvalue weighted by molar-refractivity contribution is -0.119. The van der Waals surface area contributed by atoms with Crippen molar-refractivity contribution in [1.82, 2.24) is 4.90 Å². The van der Waals surface area contributed by atoms with Gasteiger partial charge in [-0.05, 0) is 17.2 Å². The molecule has 0 unspecified atom stereocenters. The molecule has 3 aromatic rings. The van der Waals surface area contributed by atoms with Gasteiger partial charge in [0.25, 0.3) is 5.91 Å². The minimum absolute atomic E-state index is 0.163. The Kier molecular flexibility index (Phi) is 5.88. The van der Waals surface area contributed by atoms with Crippen molar-refractivity contribution < 1.29 is 14.3 Å². The average Bonchev–Trinajstić information content (AvgIpc) is 3.19. The number of aliphatic imine (C=N–C) groups is 2. The third kappa shape index (κ3) is 4.12. The summed E-state index contributed by atoms with van der Waals surface area (Å²) in [6, 6.07) is 23.5. The molecule has 0 fully saturated rings. The van der Waals surface area contributed by atoms with E-state index in [-0.39, 0.29) is 5.91 Å². The topological polar surface area (TPSA) is 63.5 Å². The fourth-order valence-electron chi connectivity index (χ4n) is 4.04. The van der Waals surface area contributed by atoms with Crippen molar-refractivity contribution in [2.75, 3.05) is 14.2 Å². The summed E-state index contributed by atoms with van der Waals surface area (Å²) in [5, 5.41) is 0.754. The first-order chi connectivity index (χ1) is 16.2. The number of hydrogen-bond donors (Lipinski definition) is 0. The zero-order valence-corrected chi connectivity index (χ0v) is 19.2. The number of benzene rings is 3. The van der Waals surface area contributed by atoms with Crippen molar-refractivity contribution in [2.45, 2.75) is 18.2 Å². The Bertz CT molecular complexity index is 1240. The fraction of sp³-hybridized carbons (Fsp3) is 0.192. The average molecular weight is 458 g/mol. The summed E-state index contributed by atoms with van der Waals surface area (Å²) in [6.07, 6.45) is 0.556. The van der Waals surface area contributed by atoms with Gasteiger partial charge in [0, 0.05) is 23.8 Å². The monoisotopic (exact) mass is 457 g/mol. The summed E-state index contributed by atoms with van der Waals surface area (Å²) >= 11 is 1.60. The molecular formula is C26H23N3O3S. The molecule has 0 saturated carbocycles. The molecule has 6 nitrogen and oxygen atoms in total. The lowest BCUT2D eigenvalue weighted by Crippen LogP contribution is -2.44. The smallest absolute Gasteiger partial charge is 0.271 e. The summed E-state index contributed by atoms with van der Waals surface area (Å²) in [7, 11) is 3.19. The van der Waals surface area contributed by atoms with Crippen molar-refractivity contribution in [2.24, 2.45) is 9.98 Å². The number of fused-ring (bicyclic) bond motifs is 3. The van der Waals surface area contributed by atoms with Crippen molar-refractivity contribution in [3.8, 4) is 11.5 Å². The lowest BCUT2D eigenvalue weighted by atomic mass is 10.0. The van der Waals surface area contributed by atoms with Crippen LogP contribution in [0, 0.1) is 0 Å². The number of nitrogens with zero attached hydrogens (tertiary/aromatic N) is 3. The Morgan fingerprint density at radius 3 is 2.18 bits per heavy atom. The summed E-state index contributed by atoms with van der Waals surface area (Å²) in [5.74, 6) is 2.35. The maximum atomic E-state index is 13.1. The normalized spacial score (nSPS) is 16.6. The van der Waals surface area contributed by atoms with Gasteiger partial charge in [0.15, 0.2) is 16.7 Å². The van der Waals surface area contributed by atoms with Gasteiger partial charge < -0.3 is 9.47 Å². The molecule has 0 bridgehead atoms. The van der Waals surface area contributed by atoms with Crippen molar-refractivity contribution in [3.05, 3.63) is 89.5 Å². The number of hydrogen-bond acceptors (Lipinski definition) is 6. The van der Waals surface area contributed by atoms with E-state index in [1.807, 2.05) is 65.6 Å². The summed E-state index contributed by atoms with van der Waals surface area (Å²) in [4.78, 5) is 24.5. The van der Waals surface area contributed by atoms with E-state index in [0.29, 0.717) is 29.4 Å². The SMILES string of the molecule is COc1cc2c(cc1OC)C1=NC(=O)[C@@H](Cc3ccccc3)N1C(SCc1ccccc1)=N2. The molecule has 3 aromatic carbocycles. The first-order valence-corrected chi connectivity index (χ1v) is 11.6. The van der Waals surface area contributed by atoms with Gasteiger partial charge >= 0.3 is 0 Å². The number of methoxy groups -OCH3 is 2. The Morgan fingerprint density at radius 2 is 1.52 bits per heavy atom. The minimum Gasteiger partial charge on any atom is -0.493 e. The van der Waals surface area contributed by atoms with Gasteiger partial charge in [-0.1, -0.05) is 72.4 Å². The maximum absolute atomic E-state index is 13.1. The van der Waals surface area contributed by atoms with Crippen LogP contribution in [-0.4, -0.2) is 42.1 Å². The molecule has 0 aromatic heterocycles. The van der Waals surface area contributed by atoms with Crippen LogP contribution in [0.1, 0.15) is 16.7 Å². The summed E-state index contributed by atoms with van der Waals surface area (Å²) < 4.78 is 11.0. The highest BCUT2D eigenvalue weighted by Gasteiger charge is 2.42. The molecule has 0 N–H and O–H groups in total. The van der Waals surface area contributed by atoms with Gasteiger partial charge in [0.2, 0.25) is 0 Å². The number of carbonyl (C=O) groups is 1. The van der Waals surface area contributed by atoms with E-state index < -0.39 is 6.04 Å². The van der Waals surface area contributed by atoms with E-state index >= 15 is 0 Å². The van der Waals surface area contributed by atoms with Crippen LogP contribution in [-0.2, 0) is 17.0 Å². The molecule has 5 rings (SSSR count). The molecule has 33 heavy (non-hydrogen) atoms. The number of rotatable bonds is 6. The van der Waals surface area contributed by atoms with E-state index in [0.717, 1.165) is 22.0 Å². The number of amides is 1. The summed E-state index contributed by atoms with van der Waals surface area (Å²) in [5.41, 5.74) is 3.75. The van der Waals surface area contributed by atoms with Crippen LogP contribution in [0.25, 0.3) is 0 Å². The second-order valence-corrected chi connectivity index (χ2v) is 8.68. The van der Waals surface area contributed by atoms with Crippen molar-refractivity contribution in [3.63, 3.8) is 0 Å². The quantitative estimate of drug-likeness (QED) is 0.530. The van der Waals surface area contributed by atoms with Crippen LogP contribution < -0.4 is 9.47 Å². The Balaban J connectivity index is 1.56. The molecule has 1 atom stereocenters. The molecule has 7 heteroatoms. The van der Waals surface area contributed by atoms with Crippen LogP contribution >= 0.6 is 11.8 Å². The first-order valence-electron chi connectivity index (χ1n) is 10.7. The number of thioether (sulfide) groups is 1. The molecule has 2 heterocycles. The Hall–Kier alpha value is -3.58. The number of carbonyl (C=O) groups excluding carboxylic acids is 1. The van der Waals surface area contributed by atoms with E-state index in [1.54, 1.807) is 26.0 Å². The van der Waals surface area contributed by atoms with E-state index in [9.17, 15) is 4.79 Å². The molecule has 0 aliphatic carbocycles. The van der Waals surface area contributed by atoms with Crippen molar-refractivity contribution >= 4 is 34.4 Å². The van der Waals surface area contributed by atoms with Crippen molar-refractivity contribution in [1.29, 1.82) is 0 Å². The predicted molar refractivity (Wildman–Crippen MR) is 132 cm³/mol. The van der Waals surface area contributed by atoms with Gasteiger partial charge in [-0.15, -0.1) is 0 Å². The zero-order chi connectivity index (χ0) is 22.8. The van der Waals surface area contributed by atoms with E-state index in [4.69, 9.17) is 14.5 Å². The highest BCUT2D eigenvalue weighted by Crippen LogP contribution is 2.41. The third-order valence-corrected chi connectivity index (χ3v) is 6.71.